The number of piperidine rings is 1. The van der Waals surface area contributed by atoms with Gasteiger partial charge in [-0.15, -0.1) is 0 Å². The Morgan fingerprint density at radius 3 is 2.39 bits per heavy atom. The number of amides is 1. The van der Waals surface area contributed by atoms with E-state index in [1.54, 1.807) is 30.3 Å². The Kier molecular flexibility index (Phi) is 7.29. The summed E-state index contributed by atoms with van der Waals surface area (Å²) < 4.78 is 57.5. The first-order chi connectivity index (χ1) is 15.9. The average Bonchev–Trinajstić information content (AvgIpc) is 2.83. The number of nitrogens with zero attached hydrogens (tertiary/aromatic N) is 2. The molecule has 0 N–H and O–H groups in total. The molecule has 1 amide bonds. The van der Waals surface area contributed by atoms with Gasteiger partial charge in [-0.25, -0.2) is 8.42 Å². The SMILES string of the molecule is O=C(CCc1ccc(S(=O)(=O)N2CCCCC2)cc1)N1CCCc2cccc(OC(F)F)c21. The molecule has 0 bridgehead atoms. The number of fused-ring (bicyclic) bond motifs is 1. The maximum Gasteiger partial charge on any atom is 0.387 e. The number of para-hydroxylation sites is 1. The third kappa shape index (κ3) is 5.35. The number of sulfonamides is 1. The Labute approximate surface area is 193 Å². The van der Waals surface area contributed by atoms with Crippen LogP contribution >= 0.6 is 0 Å². The van der Waals surface area contributed by atoms with Crippen LogP contribution < -0.4 is 9.64 Å². The summed E-state index contributed by atoms with van der Waals surface area (Å²) in [5.74, 6) is -0.158. The van der Waals surface area contributed by atoms with Crippen LogP contribution in [0.3, 0.4) is 0 Å². The number of hydrogen-bond acceptors (Lipinski definition) is 4. The third-order valence-electron chi connectivity index (χ3n) is 6.20. The van der Waals surface area contributed by atoms with Crippen molar-refractivity contribution in [2.75, 3.05) is 24.5 Å². The Balaban J connectivity index is 1.43. The zero-order valence-electron chi connectivity index (χ0n) is 18.4. The highest BCUT2D eigenvalue weighted by Gasteiger charge is 2.28. The summed E-state index contributed by atoms with van der Waals surface area (Å²) in [6.07, 6.45) is 4.86. The summed E-state index contributed by atoms with van der Waals surface area (Å²) in [7, 11) is -3.49. The fourth-order valence-corrected chi connectivity index (χ4v) is 6.04. The van der Waals surface area contributed by atoms with Gasteiger partial charge in [0.05, 0.1) is 10.6 Å². The van der Waals surface area contributed by atoms with Crippen molar-refractivity contribution in [2.45, 2.75) is 56.5 Å². The van der Waals surface area contributed by atoms with E-state index in [-0.39, 0.29) is 23.0 Å². The fourth-order valence-electron chi connectivity index (χ4n) is 4.52. The predicted molar refractivity (Wildman–Crippen MR) is 121 cm³/mol. The number of benzene rings is 2. The third-order valence-corrected chi connectivity index (χ3v) is 8.11. The lowest BCUT2D eigenvalue weighted by atomic mass is 10.00. The second-order valence-corrected chi connectivity index (χ2v) is 10.3. The fraction of sp³-hybridized carbons (Fsp3) is 0.458. The summed E-state index contributed by atoms with van der Waals surface area (Å²) >= 11 is 0. The van der Waals surface area contributed by atoms with Gasteiger partial charge in [-0.3, -0.25) is 4.79 Å². The smallest absolute Gasteiger partial charge is 0.387 e. The molecule has 4 rings (SSSR count). The van der Waals surface area contributed by atoms with Crippen molar-refractivity contribution < 1.29 is 26.7 Å². The van der Waals surface area contributed by atoms with E-state index in [0.29, 0.717) is 38.2 Å². The Morgan fingerprint density at radius 2 is 1.70 bits per heavy atom. The summed E-state index contributed by atoms with van der Waals surface area (Å²) in [4.78, 5) is 14.8. The van der Waals surface area contributed by atoms with Crippen molar-refractivity contribution in [3.8, 4) is 5.75 Å². The molecule has 1 saturated heterocycles. The molecule has 0 aromatic heterocycles. The first kappa shape index (κ1) is 23.6. The largest absolute Gasteiger partial charge is 0.433 e. The summed E-state index contributed by atoms with van der Waals surface area (Å²) in [6.45, 7) is -1.42. The van der Waals surface area contributed by atoms with Crippen molar-refractivity contribution in [3.63, 3.8) is 0 Å². The highest BCUT2D eigenvalue weighted by molar-refractivity contribution is 7.89. The van der Waals surface area contributed by atoms with Crippen LogP contribution in [-0.2, 0) is 27.7 Å². The number of aryl methyl sites for hydroxylation is 2. The summed E-state index contributed by atoms with van der Waals surface area (Å²) in [6, 6.07) is 11.6. The molecule has 1 fully saturated rings. The van der Waals surface area contributed by atoms with Gasteiger partial charge in [0.2, 0.25) is 15.9 Å². The van der Waals surface area contributed by atoms with Crippen LogP contribution in [0.15, 0.2) is 47.4 Å². The van der Waals surface area contributed by atoms with Gasteiger partial charge in [0.25, 0.3) is 0 Å². The van der Waals surface area contributed by atoms with E-state index in [1.165, 1.54) is 15.3 Å². The van der Waals surface area contributed by atoms with Gasteiger partial charge in [-0.2, -0.15) is 13.1 Å². The van der Waals surface area contributed by atoms with Gasteiger partial charge in [0.1, 0.15) is 5.75 Å². The summed E-state index contributed by atoms with van der Waals surface area (Å²) in [5, 5.41) is 0. The number of carbonyl (C=O) groups is 1. The van der Waals surface area contributed by atoms with Crippen molar-refractivity contribution in [2.24, 2.45) is 0 Å². The summed E-state index contributed by atoms with van der Waals surface area (Å²) in [5.41, 5.74) is 2.09. The van der Waals surface area contributed by atoms with Gasteiger partial charge in [0.15, 0.2) is 0 Å². The van der Waals surface area contributed by atoms with Crippen LogP contribution in [0, 0.1) is 0 Å². The van der Waals surface area contributed by atoms with Crippen molar-refractivity contribution in [1.29, 1.82) is 0 Å². The minimum atomic E-state index is -3.49. The molecule has 0 radical (unpaired) electrons. The molecule has 2 aromatic rings. The number of anilines is 1. The number of hydrogen-bond donors (Lipinski definition) is 0. The van der Waals surface area contributed by atoms with E-state index in [1.807, 2.05) is 6.07 Å². The van der Waals surface area contributed by atoms with Gasteiger partial charge in [-0.05, 0) is 61.4 Å². The standard InChI is InChI=1S/C24H28F2N2O4S/c25-24(26)32-21-8-4-6-19-7-5-17-28(23(19)21)22(29)14-11-18-9-12-20(13-10-18)33(30,31)27-15-2-1-3-16-27/h4,6,8-10,12-13,24H,1-3,5,7,11,14-17H2. The average molecular weight is 479 g/mol. The molecule has 0 aliphatic carbocycles. The van der Waals surface area contributed by atoms with Crippen LogP contribution in [0.2, 0.25) is 0 Å². The van der Waals surface area contributed by atoms with Gasteiger partial charge in [-0.1, -0.05) is 30.7 Å². The molecule has 33 heavy (non-hydrogen) atoms. The molecular formula is C24H28F2N2O4S. The minimum Gasteiger partial charge on any atom is -0.433 e. The molecule has 0 spiro atoms. The maximum absolute atomic E-state index is 13.0. The van der Waals surface area contributed by atoms with Crippen LogP contribution in [0.4, 0.5) is 14.5 Å². The van der Waals surface area contributed by atoms with E-state index in [9.17, 15) is 22.0 Å². The number of rotatable bonds is 7. The first-order valence-electron chi connectivity index (χ1n) is 11.3. The monoisotopic (exact) mass is 478 g/mol. The number of halogens is 2. The van der Waals surface area contributed by atoms with Crippen molar-refractivity contribution in [3.05, 3.63) is 53.6 Å². The minimum absolute atomic E-state index is 0.0165. The molecule has 9 heteroatoms. The van der Waals surface area contributed by atoms with E-state index < -0.39 is 16.6 Å². The lowest BCUT2D eigenvalue weighted by Crippen LogP contribution is -2.36. The van der Waals surface area contributed by atoms with Crippen LogP contribution in [0.1, 0.15) is 43.2 Å². The second-order valence-electron chi connectivity index (χ2n) is 8.40. The van der Waals surface area contributed by atoms with E-state index in [4.69, 9.17) is 0 Å². The maximum atomic E-state index is 13.0. The molecule has 2 aliphatic heterocycles. The molecule has 2 aromatic carbocycles. The Morgan fingerprint density at radius 1 is 0.970 bits per heavy atom. The van der Waals surface area contributed by atoms with E-state index in [2.05, 4.69) is 4.74 Å². The van der Waals surface area contributed by atoms with Gasteiger partial charge >= 0.3 is 6.61 Å². The number of carbonyl (C=O) groups excluding carboxylic acids is 1. The molecule has 6 nitrogen and oxygen atoms in total. The number of alkyl halides is 2. The Hall–Kier alpha value is -2.52. The van der Waals surface area contributed by atoms with Crippen LogP contribution in [0.25, 0.3) is 0 Å². The predicted octanol–water partition coefficient (Wildman–Crippen LogP) is 4.37. The number of ether oxygens (including phenoxy) is 1. The highest BCUT2D eigenvalue weighted by atomic mass is 32.2. The lowest BCUT2D eigenvalue weighted by Gasteiger charge is -2.31. The second kappa shape index (κ2) is 10.2. The zero-order chi connectivity index (χ0) is 23.4. The van der Waals surface area contributed by atoms with Gasteiger partial charge < -0.3 is 9.64 Å². The molecule has 2 heterocycles. The highest BCUT2D eigenvalue weighted by Crippen LogP contribution is 2.37. The van der Waals surface area contributed by atoms with E-state index in [0.717, 1.165) is 36.8 Å². The lowest BCUT2D eigenvalue weighted by molar-refractivity contribution is -0.118. The topological polar surface area (TPSA) is 66.9 Å². The van der Waals surface area contributed by atoms with E-state index >= 15 is 0 Å². The van der Waals surface area contributed by atoms with Crippen LogP contribution in [-0.4, -0.2) is 44.9 Å². The van der Waals surface area contributed by atoms with Crippen LogP contribution in [0.5, 0.6) is 5.75 Å². The normalized spacial score (nSPS) is 17.1. The molecule has 0 unspecified atom stereocenters. The molecule has 178 valence electrons. The molecule has 2 aliphatic rings. The van der Waals surface area contributed by atoms with Gasteiger partial charge in [0, 0.05) is 26.1 Å². The first-order valence-corrected chi connectivity index (χ1v) is 12.8. The molecule has 0 saturated carbocycles. The van der Waals surface area contributed by atoms with Crippen molar-refractivity contribution >= 4 is 21.6 Å². The van der Waals surface area contributed by atoms with Crippen molar-refractivity contribution in [1.82, 2.24) is 4.31 Å². The molecular weight excluding hydrogens is 450 g/mol. The Bertz CT molecular complexity index is 1080. The molecule has 0 atom stereocenters. The zero-order valence-corrected chi connectivity index (χ0v) is 19.2. The quantitative estimate of drug-likeness (QED) is 0.593.